The standard InChI is InChI=1S/C14H21NO3/c1-10-6-5-7-13(11(10)2)14(17)15(3)8-12(16)9-18-4/h5-7,12,16H,8-9H2,1-4H3. The van der Waals surface area contributed by atoms with E-state index in [4.69, 9.17) is 4.74 Å². The van der Waals surface area contributed by atoms with E-state index in [2.05, 4.69) is 0 Å². The number of likely N-dealkylation sites (N-methyl/N-ethyl adjacent to an activating group) is 1. The molecular weight excluding hydrogens is 230 g/mol. The van der Waals surface area contributed by atoms with Crippen LogP contribution in [-0.2, 0) is 4.74 Å². The summed E-state index contributed by atoms with van der Waals surface area (Å²) < 4.78 is 4.84. The van der Waals surface area contributed by atoms with Crippen LogP contribution in [0.15, 0.2) is 18.2 Å². The van der Waals surface area contributed by atoms with Crippen LogP contribution in [0.4, 0.5) is 0 Å². The highest BCUT2D eigenvalue weighted by Crippen LogP contribution is 2.14. The number of aryl methyl sites for hydroxylation is 1. The summed E-state index contributed by atoms with van der Waals surface area (Å²) >= 11 is 0. The van der Waals surface area contributed by atoms with Gasteiger partial charge in [-0.25, -0.2) is 0 Å². The molecule has 0 aliphatic carbocycles. The van der Waals surface area contributed by atoms with Crippen molar-refractivity contribution in [2.24, 2.45) is 0 Å². The molecule has 100 valence electrons. The maximum atomic E-state index is 12.2. The fraction of sp³-hybridized carbons (Fsp3) is 0.500. The van der Waals surface area contributed by atoms with Crippen molar-refractivity contribution in [1.29, 1.82) is 0 Å². The zero-order valence-electron chi connectivity index (χ0n) is 11.4. The predicted molar refractivity (Wildman–Crippen MR) is 70.8 cm³/mol. The van der Waals surface area contributed by atoms with Gasteiger partial charge in [-0.3, -0.25) is 4.79 Å². The van der Waals surface area contributed by atoms with Gasteiger partial charge in [0.05, 0.1) is 12.7 Å². The number of methoxy groups -OCH3 is 1. The molecule has 1 amide bonds. The lowest BCUT2D eigenvalue weighted by molar-refractivity contribution is 0.0380. The molecule has 1 aromatic carbocycles. The Labute approximate surface area is 108 Å². The van der Waals surface area contributed by atoms with Crippen LogP contribution in [0.1, 0.15) is 21.5 Å². The highest BCUT2D eigenvalue weighted by Gasteiger charge is 2.17. The number of nitrogens with zero attached hydrogens (tertiary/aromatic N) is 1. The minimum absolute atomic E-state index is 0.0775. The molecule has 1 unspecified atom stereocenters. The monoisotopic (exact) mass is 251 g/mol. The van der Waals surface area contributed by atoms with Crippen LogP contribution >= 0.6 is 0 Å². The fourth-order valence-corrected chi connectivity index (χ4v) is 1.83. The third-order valence-corrected chi connectivity index (χ3v) is 3.03. The Kier molecular flexibility index (Phi) is 5.31. The van der Waals surface area contributed by atoms with Gasteiger partial charge in [-0.05, 0) is 31.0 Å². The summed E-state index contributed by atoms with van der Waals surface area (Å²) in [7, 11) is 3.21. The average Bonchev–Trinajstić information content (AvgIpc) is 2.32. The van der Waals surface area contributed by atoms with Gasteiger partial charge in [-0.15, -0.1) is 0 Å². The Balaban J connectivity index is 2.77. The predicted octanol–water partition coefficient (Wildman–Crippen LogP) is 1.38. The molecule has 0 aromatic heterocycles. The molecule has 0 saturated carbocycles. The first kappa shape index (κ1) is 14.7. The van der Waals surface area contributed by atoms with Crippen molar-refractivity contribution in [3.05, 3.63) is 34.9 Å². The summed E-state index contributed by atoms with van der Waals surface area (Å²) in [5, 5.41) is 9.62. The number of carbonyl (C=O) groups excluding carboxylic acids is 1. The molecule has 0 radical (unpaired) electrons. The number of benzene rings is 1. The maximum absolute atomic E-state index is 12.2. The van der Waals surface area contributed by atoms with Gasteiger partial charge in [0.25, 0.3) is 5.91 Å². The Hall–Kier alpha value is -1.39. The zero-order valence-corrected chi connectivity index (χ0v) is 11.4. The van der Waals surface area contributed by atoms with E-state index in [-0.39, 0.29) is 19.1 Å². The highest BCUT2D eigenvalue weighted by molar-refractivity contribution is 5.95. The molecule has 4 heteroatoms. The van der Waals surface area contributed by atoms with Gasteiger partial charge in [0, 0.05) is 26.3 Å². The third-order valence-electron chi connectivity index (χ3n) is 3.03. The molecule has 18 heavy (non-hydrogen) atoms. The van der Waals surface area contributed by atoms with Crippen LogP contribution in [0, 0.1) is 13.8 Å². The quantitative estimate of drug-likeness (QED) is 0.860. The molecule has 1 rings (SSSR count). The number of carbonyl (C=O) groups is 1. The SMILES string of the molecule is COCC(O)CN(C)C(=O)c1cccc(C)c1C. The summed E-state index contributed by atoms with van der Waals surface area (Å²) in [5.74, 6) is -0.0775. The minimum Gasteiger partial charge on any atom is -0.389 e. The van der Waals surface area contributed by atoms with Crippen LogP contribution in [-0.4, -0.2) is 49.3 Å². The third kappa shape index (κ3) is 3.55. The molecule has 1 atom stereocenters. The van der Waals surface area contributed by atoms with E-state index >= 15 is 0 Å². The summed E-state index contributed by atoms with van der Waals surface area (Å²) in [6.07, 6.45) is -0.658. The first-order chi connectivity index (χ1) is 8.47. The van der Waals surface area contributed by atoms with Crippen LogP contribution in [0.2, 0.25) is 0 Å². The fourth-order valence-electron chi connectivity index (χ4n) is 1.83. The molecule has 0 aliphatic rings. The van der Waals surface area contributed by atoms with Gasteiger partial charge in [0.2, 0.25) is 0 Å². The lowest BCUT2D eigenvalue weighted by atomic mass is 10.0. The van der Waals surface area contributed by atoms with Crippen LogP contribution in [0.3, 0.4) is 0 Å². The number of aliphatic hydroxyl groups is 1. The summed E-state index contributed by atoms with van der Waals surface area (Å²) in [6, 6.07) is 5.66. The number of amides is 1. The molecular formula is C14H21NO3. The highest BCUT2D eigenvalue weighted by atomic mass is 16.5. The van der Waals surface area contributed by atoms with Crippen molar-refractivity contribution in [2.75, 3.05) is 27.3 Å². The molecule has 0 spiro atoms. The van der Waals surface area contributed by atoms with E-state index in [0.717, 1.165) is 11.1 Å². The normalized spacial score (nSPS) is 12.3. The van der Waals surface area contributed by atoms with Gasteiger partial charge in [0.1, 0.15) is 0 Å². The number of hydrogen-bond acceptors (Lipinski definition) is 3. The first-order valence-corrected chi connectivity index (χ1v) is 5.96. The number of aliphatic hydroxyl groups excluding tert-OH is 1. The van der Waals surface area contributed by atoms with Crippen LogP contribution < -0.4 is 0 Å². The number of hydrogen-bond donors (Lipinski definition) is 1. The largest absolute Gasteiger partial charge is 0.389 e. The van der Waals surface area contributed by atoms with Crippen molar-refractivity contribution < 1.29 is 14.6 Å². The van der Waals surface area contributed by atoms with E-state index in [1.165, 1.54) is 12.0 Å². The van der Waals surface area contributed by atoms with Crippen molar-refractivity contribution in [2.45, 2.75) is 20.0 Å². The lowest BCUT2D eigenvalue weighted by Crippen LogP contribution is -2.36. The molecule has 0 heterocycles. The van der Waals surface area contributed by atoms with Crippen molar-refractivity contribution in [3.8, 4) is 0 Å². The molecule has 4 nitrogen and oxygen atoms in total. The second kappa shape index (κ2) is 6.52. The zero-order chi connectivity index (χ0) is 13.7. The summed E-state index contributed by atoms with van der Waals surface area (Å²) in [5.41, 5.74) is 2.75. The number of ether oxygens (including phenoxy) is 1. The number of rotatable bonds is 5. The van der Waals surface area contributed by atoms with E-state index in [0.29, 0.717) is 5.56 Å². The van der Waals surface area contributed by atoms with Gasteiger partial charge in [-0.2, -0.15) is 0 Å². The molecule has 0 aliphatic heterocycles. The Morgan fingerprint density at radius 1 is 1.44 bits per heavy atom. The Morgan fingerprint density at radius 2 is 2.11 bits per heavy atom. The molecule has 0 fully saturated rings. The summed E-state index contributed by atoms with van der Waals surface area (Å²) in [6.45, 7) is 4.40. The Morgan fingerprint density at radius 3 is 2.72 bits per heavy atom. The van der Waals surface area contributed by atoms with Crippen molar-refractivity contribution in [1.82, 2.24) is 4.90 Å². The van der Waals surface area contributed by atoms with Crippen molar-refractivity contribution >= 4 is 5.91 Å². The maximum Gasteiger partial charge on any atom is 0.253 e. The van der Waals surface area contributed by atoms with Crippen LogP contribution in [0.25, 0.3) is 0 Å². The first-order valence-electron chi connectivity index (χ1n) is 5.96. The van der Waals surface area contributed by atoms with E-state index in [1.807, 2.05) is 32.0 Å². The second-order valence-electron chi connectivity index (χ2n) is 4.54. The average molecular weight is 251 g/mol. The summed E-state index contributed by atoms with van der Waals surface area (Å²) in [4.78, 5) is 13.8. The van der Waals surface area contributed by atoms with Gasteiger partial charge in [0.15, 0.2) is 0 Å². The molecule has 1 aromatic rings. The van der Waals surface area contributed by atoms with Gasteiger partial charge >= 0.3 is 0 Å². The lowest BCUT2D eigenvalue weighted by Gasteiger charge is -2.21. The minimum atomic E-state index is -0.658. The van der Waals surface area contributed by atoms with Gasteiger partial charge < -0.3 is 14.7 Å². The van der Waals surface area contributed by atoms with Gasteiger partial charge in [-0.1, -0.05) is 12.1 Å². The van der Waals surface area contributed by atoms with Crippen molar-refractivity contribution in [3.63, 3.8) is 0 Å². The van der Waals surface area contributed by atoms with E-state index in [1.54, 1.807) is 7.05 Å². The smallest absolute Gasteiger partial charge is 0.253 e. The molecule has 0 saturated heterocycles. The molecule has 1 N–H and O–H groups in total. The second-order valence-corrected chi connectivity index (χ2v) is 4.54. The van der Waals surface area contributed by atoms with E-state index < -0.39 is 6.10 Å². The molecule has 0 bridgehead atoms. The topological polar surface area (TPSA) is 49.8 Å². The van der Waals surface area contributed by atoms with E-state index in [9.17, 15) is 9.90 Å². The Bertz CT molecular complexity index is 418. The van der Waals surface area contributed by atoms with Crippen LogP contribution in [0.5, 0.6) is 0 Å².